The van der Waals surface area contributed by atoms with Crippen molar-refractivity contribution < 1.29 is 14.4 Å². The first-order valence-corrected chi connectivity index (χ1v) is 5.32. The molecular formula is C11H16N2O3. The zero-order chi connectivity index (χ0) is 12.3. The minimum absolute atomic E-state index is 0.299. The number of carbonyl (C=O) groups is 3. The second-order valence-corrected chi connectivity index (χ2v) is 3.81. The number of hydrogen-bond donors (Lipinski definition) is 1. The summed E-state index contributed by atoms with van der Waals surface area (Å²) in [6, 6.07) is -0.750. The van der Waals surface area contributed by atoms with Crippen LogP contribution in [0.3, 0.4) is 0 Å². The van der Waals surface area contributed by atoms with Gasteiger partial charge in [-0.05, 0) is 20.3 Å². The standard InChI is InChI=1S/C11H16N2O3/c1-4-5-12-10(15)8(3)13-9(14)6-7(2)11(13)16/h6,8H,4-5H2,1-3H3,(H,12,15). The Labute approximate surface area is 94.5 Å². The maximum absolute atomic E-state index is 11.6. The Balaban J connectivity index is 2.69. The molecule has 0 aromatic carbocycles. The summed E-state index contributed by atoms with van der Waals surface area (Å²) in [6.07, 6.45) is 2.07. The van der Waals surface area contributed by atoms with E-state index in [0.29, 0.717) is 12.1 Å². The Hall–Kier alpha value is -1.65. The van der Waals surface area contributed by atoms with E-state index < -0.39 is 11.9 Å². The third kappa shape index (κ3) is 2.29. The zero-order valence-corrected chi connectivity index (χ0v) is 9.74. The minimum Gasteiger partial charge on any atom is -0.354 e. The monoisotopic (exact) mass is 224 g/mol. The lowest BCUT2D eigenvalue weighted by Crippen LogP contribution is -2.48. The summed E-state index contributed by atoms with van der Waals surface area (Å²) in [5.74, 6) is -1.10. The molecule has 1 unspecified atom stereocenters. The van der Waals surface area contributed by atoms with Gasteiger partial charge in [0.25, 0.3) is 11.8 Å². The van der Waals surface area contributed by atoms with Crippen molar-refractivity contribution in [3.8, 4) is 0 Å². The number of hydrogen-bond acceptors (Lipinski definition) is 3. The Morgan fingerprint density at radius 3 is 2.56 bits per heavy atom. The second kappa shape index (κ2) is 4.92. The highest BCUT2D eigenvalue weighted by Crippen LogP contribution is 2.15. The molecule has 0 saturated heterocycles. The summed E-state index contributed by atoms with van der Waals surface area (Å²) < 4.78 is 0. The van der Waals surface area contributed by atoms with E-state index in [-0.39, 0.29) is 11.8 Å². The van der Waals surface area contributed by atoms with Gasteiger partial charge in [0.15, 0.2) is 0 Å². The average Bonchev–Trinajstić information content (AvgIpc) is 2.49. The molecule has 3 amide bonds. The van der Waals surface area contributed by atoms with Gasteiger partial charge < -0.3 is 5.32 Å². The molecule has 0 saturated carbocycles. The SMILES string of the molecule is CCCNC(=O)C(C)N1C(=O)C=C(C)C1=O. The van der Waals surface area contributed by atoms with Gasteiger partial charge in [0.1, 0.15) is 6.04 Å². The summed E-state index contributed by atoms with van der Waals surface area (Å²) >= 11 is 0. The summed E-state index contributed by atoms with van der Waals surface area (Å²) in [5.41, 5.74) is 0.375. The molecular weight excluding hydrogens is 208 g/mol. The smallest absolute Gasteiger partial charge is 0.257 e. The van der Waals surface area contributed by atoms with Gasteiger partial charge in [-0.2, -0.15) is 0 Å². The predicted molar refractivity (Wildman–Crippen MR) is 58.4 cm³/mol. The average molecular weight is 224 g/mol. The molecule has 16 heavy (non-hydrogen) atoms. The van der Waals surface area contributed by atoms with Gasteiger partial charge in [0, 0.05) is 18.2 Å². The second-order valence-electron chi connectivity index (χ2n) is 3.81. The van der Waals surface area contributed by atoms with E-state index in [1.54, 1.807) is 13.8 Å². The first kappa shape index (κ1) is 12.4. The molecule has 0 radical (unpaired) electrons. The Bertz CT molecular complexity index is 360. The van der Waals surface area contributed by atoms with Crippen molar-refractivity contribution in [2.24, 2.45) is 0 Å². The van der Waals surface area contributed by atoms with Gasteiger partial charge in [-0.15, -0.1) is 0 Å². The number of carbonyl (C=O) groups excluding carboxylic acids is 3. The topological polar surface area (TPSA) is 66.5 Å². The Morgan fingerprint density at radius 2 is 2.12 bits per heavy atom. The van der Waals surface area contributed by atoms with E-state index in [4.69, 9.17) is 0 Å². The minimum atomic E-state index is -0.750. The van der Waals surface area contributed by atoms with Gasteiger partial charge in [0.2, 0.25) is 5.91 Å². The summed E-state index contributed by atoms with van der Waals surface area (Å²) in [4.78, 5) is 35.6. The van der Waals surface area contributed by atoms with Crippen molar-refractivity contribution in [3.05, 3.63) is 11.6 Å². The van der Waals surface area contributed by atoms with E-state index in [2.05, 4.69) is 5.32 Å². The van der Waals surface area contributed by atoms with E-state index in [1.165, 1.54) is 6.08 Å². The summed E-state index contributed by atoms with van der Waals surface area (Å²) in [7, 11) is 0. The largest absolute Gasteiger partial charge is 0.354 e. The quantitative estimate of drug-likeness (QED) is 0.694. The highest BCUT2D eigenvalue weighted by Gasteiger charge is 2.35. The molecule has 0 aromatic heterocycles. The van der Waals surface area contributed by atoms with Crippen LogP contribution < -0.4 is 5.32 Å². The molecule has 1 aliphatic heterocycles. The van der Waals surface area contributed by atoms with Crippen LogP contribution >= 0.6 is 0 Å². The number of amides is 3. The Kier molecular flexibility index (Phi) is 3.82. The van der Waals surface area contributed by atoms with Crippen LogP contribution in [-0.4, -0.2) is 35.2 Å². The van der Waals surface area contributed by atoms with Crippen LogP contribution in [0.1, 0.15) is 27.2 Å². The number of nitrogens with zero attached hydrogens (tertiary/aromatic N) is 1. The fourth-order valence-corrected chi connectivity index (χ4v) is 1.49. The molecule has 0 fully saturated rings. The molecule has 1 aliphatic rings. The van der Waals surface area contributed by atoms with Crippen molar-refractivity contribution in [3.63, 3.8) is 0 Å². The van der Waals surface area contributed by atoms with Crippen LogP contribution in [-0.2, 0) is 14.4 Å². The lowest BCUT2D eigenvalue weighted by molar-refractivity contribution is -0.145. The molecule has 0 bridgehead atoms. The van der Waals surface area contributed by atoms with Crippen molar-refractivity contribution in [2.45, 2.75) is 33.2 Å². The van der Waals surface area contributed by atoms with E-state index in [0.717, 1.165) is 11.3 Å². The molecule has 0 aliphatic carbocycles. The van der Waals surface area contributed by atoms with Crippen LogP contribution in [0, 0.1) is 0 Å². The molecule has 5 nitrogen and oxygen atoms in total. The number of nitrogens with one attached hydrogen (secondary N) is 1. The lowest BCUT2D eigenvalue weighted by atomic mass is 10.2. The van der Waals surface area contributed by atoms with Crippen LogP contribution in [0.2, 0.25) is 0 Å². The fourth-order valence-electron chi connectivity index (χ4n) is 1.49. The highest BCUT2D eigenvalue weighted by atomic mass is 16.2. The summed E-state index contributed by atoms with van der Waals surface area (Å²) in [6.45, 7) is 5.60. The van der Waals surface area contributed by atoms with Crippen molar-refractivity contribution >= 4 is 17.7 Å². The van der Waals surface area contributed by atoms with Crippen molar-refractivity contribution in [1.29, 1.82) is 0 Å². The molecule has 1 atom stereocenters. The molecule has 1 rings (SSSR count). The van der Waals surface area contributed by atoms with Crippen LogP contribution in [0.5, 0.6) is 0 Å². The van der Waals surface area contributed by atoms with Crippen LogP contribution in [0.15, 0.2) is 11.6 Å². The van der Waals surface area contributed by atoms with Gasteiger partial charge in [-0.3, -0.25) is 19.3 Å². The molecule has 5 heteroatoms. The molecule has 0 spiro atoms. The number of rotatable bonds is 4. The van der Waals surface area contributed by atoms with Gasteiger partial charge >= 0.3 is 0 Å². The van der Waals surface area contributed by atoms with Gasteiger partial charge in [-0.25, -0.2) is 0 Å². The molecule has 1 N–H and O–H groups in total. The van der Waals surface area contributed by atoms with E-state index >= 15 is 0 Å². The zero-order valence-electron chi connectivity index (χ0n) is 9.74. The lowest BCUT2D eigenvalue weighted by Gasteiger charge is -2.21. The van der Waals surface area contributed by atoms with Crippen LogP contribution in [0.25, 0.3) is 0 Å². The molecule has 1 heterocycles. The van der Waals surface area contributed by atoms with Gasteiger partial charge in [0.05, 0.1) is 0 Å². The Morgan fingerprint density at radius 1 is 1.50 bits per heavy atom. The molecule has 88 valence electrons. The normalized spacial score (nSPS) is 17.4. The molecule has 0 aromatic rings. The van der Waals surface area contributed by atoms with E-state index in [9.17, 15) is 14.4 Å². The predicted octanol–water partition coefficient (Wildman–Crippen LogP) is 0.216. The first-order valence-electron chi connectivity index (χ1n) is 5.32. The third-order valence-electron chi connectivity index (χ3n) is 2.45. The third-order valence-corrected chi connectivity index (χ3v) is 2.45. The maximum atomic E-state index is 11.6. The maximum Gasteiger partial charge on any atom is 0.257 e. The highest BCUT2D eigenvalue weighted by molar-refractivity contribution is 6.17. The number of imide groups is 1. The van der Waals surface area contributed by atoms with Crippen molar-refractivity contribution in [1.82, 2.24) is 10.2 Å². The van der Waals surface area contributed by atoms with Crippen LogP contribution in [0.4, 0.5) is 0 Å². The first-order chi connectivity index (χ1) is 7.49. The van der Waals surface area contributed by atoms with E-state index in [1.807, 2.05) is 6.92 Å². The van der Waals surface area contributed by atoms with Gasteiger partial charge in [-0.1, -0.05) is 6.92 Å². The summed E-state index contributed by atoms with van der Waals surface area (Å²) in [5, 5.41) is 2.66. The van der Waals surface area contributed by atoms with Crippen molar-refractivity contribution in [2.75, 3.05) is 6.54 Å². The fraction of sp³-hybridized carbons (Fsp3) is 0.545.